The topological polar surface area (TPSA) is 61.8 Å². The Morgan fingerprint density at radius 1 is 1.12 bits per heavy atom. The number of ether oxygens (including phenoxy) is 3. The second-order valence-electron chi connectivity index (χ2n) is 3.09. The maximum absolute atomic E-state index is 11.5. The van der Waals surface area contributed by atoms with Crippen molar-refractivity contribution in [2.75, 3.05) is 19.8 Å². The van der Waals surface area contributed by atoms with Crippen LogP contribution < -0.4 is 0 Å². The first kappa shape index (κ1) is 16.2. The molecular formula is C11H19O5P. The zero-order valence-electron chi connectivity index (χ0n) is 10.7. The van der Waals surface area contributed by atoms with Gasteiger partial charge in [0.1, 0.15) is 5.31 Å². The third kappa shape index (κ3) is 5.39. The Hall–Kier alpha value is -0.770. The van der Waals surface area contributed by atoms with E-state index in [1.54, 1.807) is 13.8 Å². The highest BCUT2D eigenvalue weighted by atomic mass is 31.1. The van der Waals surface area contributed by atoms with E-state index < -0.39 is 20.7 Å². The molecule has 0 fully saturated rings. The Kier molecular flexibility index (Phi) is 8.86. The summed E-state index contributed by atoms with van der Waals surface area (Å²) in [4.78, 5) is 11.5. The number of hydrogen-bond donors (Lipinski definition) is 0. The Balaban J connectivity index is 5.00. The van der Waals surface area contributed by atoms with Gasteiger partial charge in [0.05, 0.1) is 6.61 Å². The summed E-state index contributed by atoms with van der Waals surface area (Å²) in [6, 6.07) is 0. The monoisotopic (exact) mass is 262 g/mol. The van der Waals surface area contributed by atoms with Crippen LogP contribution in [0.4, 0.5) is 0 Å². The van der Waals surface area contributed by atoms with Crippen LogP contribution in [0.2, 0.25) is 0 Å². The van der Waals surface area contributed by atoms with Crippen molar-refractivity contribution in [3.05, 3.63) is 10.9 Å². The quantitative estimate of drug-likeness (QED) is 0.291. The van der Waals surface area contributed by atoms with Gasteiger partial charge in [-0.15, -0.1) is 0 Å². The minimum Gasteiger partial charge on any atom is -0.462 e. The molecule has 0 atom stereocenters. The summed E-state index contributed by atoms with van der Waals surface area (Å²) in [5.41, 5.74) is 0.476. The fourth-order valence-electron chi connectivity index (χ4n) is 1.18. The van der Waals surface area contributed by atoms with Crippen LogP contribution in [-0.4, -0.2) is 32.1 Å². The highest BCUT2D eigenvalue weighted by Crippen LogP contribution is 2.23. The third-order valence-electron chi connectivity index (χ3n) is 1.92. The molecule has 0 aliphatic heterocycles. The van der Waals surface area contributed by atoms with Crippen LogP contribution in [0.15, 0.2) is 10.9 Å². The zero-order chi connectivity index (χ0) is 13.3. The lowest BCUT2D eigenvalue weighted by Crippen LogP contribution is -2.21. The molecule has 0 aromatic carbocycles. The van der Waals surface area contributed by atoms with Crippen molar-refractivity contribution in [1.29, 1.82) is 0 Å². The summed E-state index contributed by atoms with van der Waals surface area (Å²) in [7, 11) is -0.391. The van der Waals surface area contributed by atoms with Crippen molar-refractivity contribution in [2.24, 2.45) is 0 Å². The van der Waals surface area contributed by atoms with Gasteiger partial charge in [-0.1, -0.05) is 0 Å². The molecule has 0 spiro atoms. The molecule has 0 saturated heterocycles. The van der Waals surface area contributed by atoms with Gasteiger partial charge < -0.3 is 14.2 Å². The van der Waals surface area contributed by atoms with Crippen LogP contribution in [0.25, 0.3) is 0 Å². The molecule has 0 rings (SSSR count). The van der Waals surface area contributed by atoms with Crippen molar-refractivity contribution >= 4 is 14.4 Å². The minimum atomic E-state index is -0.661. The third-order valence-corrected chi connectivity index (χ3v) is 2.64. The van der Waals surface area contributed by atoms with Gasteiger partial charge in [0.15, 0.2) is 14.8 Å². The first-order chi connectivity index (χ1) is 8.12. The van der Waals surface area contributed by atoms with Gasteiger partial charge in [-0.25, -0.2) is 4.79 Å². The second-order valence-corrected chi connectivity index (χ2v) is 3.72. The molecular weight excluding hydrogens is 243 g/mol. The largest absolute Gasteiger partial charge is 0.462 e. The molecule has 0 aromatic rings. The summed E-state index contributed by atoms with van der Waals surface area (Å²) >= 11 is 0. The van der Waals surface area contributed by atoms with Gasteiger partial charge in [-0.05, 0) is 27.7 Å². The van der Waals surface area contributed by atoms with Gasteiger partial charge in [0.2, 0.25) is 0 Å². The zero-order valence-corrected chi connectivity index (χ0v) is 11.6. The van der Waals surface area contributed by atoms with Crippen molar-refractivity contribution in [1.82, 2.24) is 0 Å². The lowest BCUT2D eigenvalue weighted by molar-refractivity contribution is -0.138. The molecule has 0 radical (unpaired) electrons. The van der Waals surface area contributed by atoms with Crippen molar-refractivity contribution < 1.29 is 23.6 Å². The first-order valence-electron chi connectivity index (χ1n) is 5.56. The van der Waals surface area contributed by atoms with E-state index in [-0.39, 0.29) is 11.9 Å². The van der Waals surface area contributed by atoms with Gasteiger partial charge in [0, 0.05) is 18.8 Å². The molecule has 98 valence electrons. The molecule has 6 heteroatoms. The molecule has 0 aliphatic rings. The normalized spacial score (nSPS) is 12.8. The molecule has 17 heavy (non-hydrogen) atoms. The van der Waals surface area contributed by atoms with E-state index in [0.717, 1.165) is 0 Å². The molecule has 0 bridgehead atoms. The lowest BCUT2D eigenvalue weighted by Gasteiger charge is -2.18. The summed E-state index contributed by atoms with van der Waals surface area (Å²) < 4.78 is 26.5. The highest BCUT2D eigenvalue weighted by Gasteiger charge is 2.21. The van der Waals surface area contributed by atoms with E-state index in [9.17, 15) is 9.36 Å². The molecule has 5 nitrogen and oxygen atoms in total. The maximum atomic E-state index is 11.5. The number of hydrogen-bond acceptors (Lipinski definition) is 5. The van der Waals surface area contributed by atoms with Crippen molar-refractivity contribution in [3.63, 3.8) is 0 Å². The molecule has 0 N–H and O–H groups in total. The van der Waals surface area contributed by atoms with Gasteiger partial charge in [-0.3, -0.25) is 4.57 Å². The van der Waals surface area contributed by atoms with Crippen LogP contribution in [-0.2, 0) is 23.6 Å². The van der Waals surface area contributed by atoms with E-state index in [0.29, 0.717) is 18.8 Å². The van der Waals surface area contributed by atoms with Crippen molar-refractivity contribution in [2.45, 2.75) is 34.0 Å². The summed E-state index contributed by atoms with van der Waals surface area (Å²) in [5.74, 6) is -0.605. The van der Waals surface area contributed by atoms with E-state index in [2.05, 4.69) is 0 Å². The molecule has 0 amide bonds. The Labute approximate surface area is 103 Å². The highest BCUT2D eigenvalue weighted by molar-refractivity contribution is 7.31. The molecule has 0 aliphatic carbocycles. The van der Waals surface area contributed by atoms with Gasteiger partial charge in [0.25, 0.3) is 0 Å². The number of carbonyl (C=O) groups excluding carboxylic acids is 1. The Morgan fingerprint density at radius 2 is 1.65 bits per heavy atom. The molecule has 0 aromatic heterocycles. The van der Waals surface area contributed by atoms with Crippen LogP contribution >= 0.6 is 8.46 Å². The fraction of sp³-hybridized carbons (Fsp3) is 0.727. The first-order valence-corrected chi connectivity index (χ1v) is 6.37. The Bertz CT molecular complexity index is 282. The number of esters is 1. The van der Waals surface area contributed by atoms with Gasteiger partial charge in [-0.2, -0.15) is 0 Å². The predicted molar refractivity (Wildman–Crippen MR) is 64.0 cm³/mol. The van der Waals surface area contributed by atoms with Crippen LogP contribution in [0.5, 0.6) is 0 Å². The van der Waals surface area contributed by atoms with Gasteiger partial charge >= 0.3 is 5.97 Å². The average Bonchev–Trinajstić information content (AvgIpc) is 2.30. The maximum Gasteiger partial charge on any atom is 0.346 e. The summed E-state index contributed by atoms with van der Waals surface area (Å²) in [6.07, 6.45) is -0.661. The Morgan fingerprint density at radius 3 is 2.00 bits per heavy atom. The van der Waals surface area contributed by atoms with Crippen LogP contribution in [0.3, 0.4) is 0 Å². The van der Waals surface area contributed by atoms with Crippen molar-refractivity contribution in [3.8, 4) is 0 Å². The summed E-state index contributed by atoms with van der Waals surface area (Å²) in [5, 5.41) is 0.0544. The molecule has 0 saturated carbocycles. The van der Waals surface area contributed by atoms with E-state index >= 15 is 0 Å². The molecule has 0 heterocycles. The predicted octanol–water partition coefficient (Wildman–Crippen LogP) is 2.51. The number of carbonyl (C=O) groups is 1. The van der Waals surface area contributed by atoms with Crippen LogP contribution in [0, 0.1) is 0 Å². The summed E-state index contributed by atoms with van der Waals surface area (Å²) in [6.45, 7) is 8.08. The molecule has 0 unspecified atom stereocenters. The van der Waals surface area contributed by atoms with E-state index in [1.165, 1.54) is 0 Å². The fourth-order valence-corrected chi connectivity index (χ4v) is 1.57. The standard InChI is InChI=1S/C11H19O5P/c1-5-14-10(12)9(17-13)8(4)11(15-6-2)16-7-3/h11H,5-7H2,1-4H3. The van der Waals surface area contributed by atoms with E-state index in [4.69, 9.17) is 14.2 Å². The smallest absolute Gasteiger partial charge is 0.346 e. The average molecular weight is 262 g/mol. The lowest BCUT2D eigenvalue weighted by atomic mass is 10.2. The SMILES string of the molecule is CCOC(=O)C(P=O)=C(C)C(OCC)OCC. The number of rotatable bonds is 8. The van der Waals surface area contributed by atoms with E-state index in [1.807, 2.05) is 13.8 Å². The second kappa shape index (κ2) is 9.28. The van der Waals surface area contributed by atoms with Crippen LogP contribution in [0.1, 0.15) is 27.7 Å². The minimum absolute atomic E-state index is 0.0544.